The molecule has 4 nitrogen and oxygen atoms in total. The smallest absolute Gasteiger partial charge is 0.357 e. The number of aromatic nitrogens is 2. The van der Waals surface area contributed by atoms with Gasteiger partial charge in [0.15, 0.2) is 5.69 Å². The van der Waals surface area contributed by atoms with Crippen LogP contribution in [0.25, 0.3) is 16.8 Å². The third-order valence-corrected chi connectivity index (χ3v) is 4.89. The van der Waals surface area contributed by atoms with Crippen LogP contribution in [0.5, 0.6) is 0 Å². The van der Waals surface area contributed by atoms with Gasteiger partial charge in [0.25, 0.3) is 0 Å². The monoisotopic (exact) mass is 362 g/mol. The highest BCUT2D eigenvalue weighted by Crippen LogP contribution is 2.39. The molecule has 0 saturated carbocycles. The van der Waals surface area contributed by atoms with Crippen molar-refractivity contribution in [3.8, 4) is 11.3 Å². The molecule has 5 heteroatoms. The first-order valence-electron chi connectivity index (χ1n) is 8.71. The number of allylic oxidation sites excluding steroid dienone is 2. The van der Waals surface area contributed by atoms with Crippen molar-refractivity contribution in [2.24, 2.45) is 5.92 Å². The maximum Gasteiger partial charge on any atom is 0.357 e. The Morgan fingerprint density at radius 2 is 2.00 bits per heavy atom. The molecule has 0 aliphatic carbocycles. The second kappa shape index (κ2) is 7.20. The summed E-state index contributed by atoms with van der Waals surface area (Å²) >= 11 is 0. The average molecular weight is 363 g/mol. The van der Waals surface area contributed by atoms with E-state index in [1.807, 2.05) is 13.8 Å². The topological polar surface area (TPSA) is 44.1 Å². The van der Waals surface area contributed by atoms with Crippen LogP contribution in [-0.4, -0.2) is 22.1 Å². The van der Waals surface area contributed by atoms with Crippen LogP contribution >= 0.6 is 12.4 Å². The van der Waals surface area contributed by atoms with Crippen molar-refractivity contribution in [1.82, 2.24) is 9.55 Å². The van der Waals surface area contributed by atoms with Gasteiger partial charge in [-0.2, -0.15) is 0 Å². The van der Waals surface area contributed by atoms with E-state index in [1.165, 1.54) is 22.5 Å². The van der Waals surface area contributed by atoms with Crippen LogP contribution in [0.3, 0.4) is 0 Å². The summed E-state index contributed by atoms with van der Waals surface area (Å²) in [5.41, 5.74) is 8.66. The summed E-state index contributed by atoms with van der Waals surface area (Å²) in [4.78, 5) is 16.9. The first kappa shape index (κ1) is 19.5. The summed E-state index contributed by atoms with van der Waals surface area (Å²) in [6.45, 7) is 13.9. The molecule has 0 aromatic carbocycles. The average Bonchev–Trinajstić information content (AvgIpc) is 2.98. The van der Waals surface area contributed by atoms with E-state index >= 15 is 0 Å². The Labute approximate surface area is 156 Å². The molecular weight excluding hydrogens is 336 g/mol. The molecule has 0 fully saturated rings. The van der Waals surface area contributed by atoms with Crippen LogP contribution in [0.15, 0.2) is 11.6 Å². The maximum atomic E-state index is 12.2. The highest BCUT2D eigenvalue weighted by molar-refractivity contribution is 5.94. The van der Waals surface area contributed by atoms with Gasteiger partial charge in [-0.1, -0.05) is 13.8 Å². The Morgan fingerprint density at radius 3 is 2.60 bits per heavy atom. The summed E-state index contributed by atoms with van der Waals surface area (Å²) in [7, 11) is 0. The van der Waals surface area contributed by atoms with E-state index in [1.54, 1.807) is 0 Å². The zero-order chi connectivity index (χ0) is 17.6. The van der Waals surface area contributed by atoms with E-state index < -0.39 is 0 Å². The molecule has 3 aliphatic rings. The van der Waals surface area contributed by atoms with Crippen molar-refractivity contribution in [2.75, 3.05) is 6.61 Å². The lowest BCUT2D eigenvalue weighted by Gasteiger charge is -2.20. The minimum absolute atomic E-state index is 0. The van der Waals surface area contributed by atoms with E-state index in [-0.39, 0.29) is 18.4 Å². The van der Waals surface area contributed by atoms with Gasteiger partial charge in [-0.25, -0.2) is 9.78 Å². The van der Waals surface area contributed by atoms with Crippen molar-refractivity contribution < 1.29 is 9.53 Å². The molecule has 0 saturated heterocycles. The lowest BCUT2D eigenvalue weighted by atomic mass is 9.97. The quantitative estimate of drug-likeness (QED) is 0.726. The summed E-state index contributed by atoms with van der Waals surface area (Å²) < 4.78 is 7.58. The molecule has 0 amide bonds. The highest BCUT2D eigenvalue weighted by Gasteiger charge is 2.29. The molecule has 3 heterocycles. The number of rotatable bonds is 4. The minimum atomic E-state index is -0.324. The van der Waals surface area contributed by atoms with Crippen LogP contribution in [0, 0.1) is 12.8 Å². The normalized spacial score (nSPS) is 13.4. The van der Waals surface area contributed by atoms with Crippen molar-refractivity contribution >= 4 is 23.9 Å². The van der Waals surface area contributed by atoms with Gasteiger partial charge < -0.3 is 9.30 Å². The SMILES string of the molecule is CCOC(=O)c1nc2cc3n(c(CC(C)C)c-2c1C)CC(C)=C3C.Cl. The molecule has 0 aromatic rings. The van der Waals surface area contributed by atoms with Gasteiger partial charge in [-0.05, 0) is 62.8 Å². The lowest BCUT2D eigenvalue weighted by molar-refractivity contribution is 0.0519. The first-order valence-corrected chi connectivity index (χ1v) is 8.71. The van der Waals surface area contributed by atoms with Crippen LogP contribution < -0.4 is 0 Å². The minimum Gasteiger partial charge on any atom is -0.461 e. The summed E-state index contributed by atoms with van der Waals surface area (Å²) in [6, 6.07) is 2.13. The zero-order valence-corrected chi connectivity index (χ0v) is 16.7. The number of nitrogens with zero attached hydrogens (tertiary/aromatic N) is 2. The molecule has 0 spiro atoms. The van der Waals surface area contributed by atoms with Gasteiger partial charge >= 0.3 is 5.97 Å². The first-order chi connectivity index (χ1) is 11.3. The molecule has 3 aliphatic heterocycles. The molecule has 0 atom stereocenters. The number of esters is 1. The molecule has 136 valence electrons. The third-order valence-electron chi connectivity index (χ3n) is 4.89. The standard InChI is InChI=1S/C20H26N2O2.ClH/c1-7-24-20(23)19-14(6)18-15(21-19)9-16-13(5)12(4)10-22(16)17(18)8-11(2)3;/h9,11H,7-8,10H2,1-6H3;1H. The molecule has 25 heavy (non-hydrogen) atoms. The van der Waals surface area contributed by atoms with Crippen LogP contribution in [0.4, 0.5) is 0 Å². The number of hydrogen-bond acceptors (Lipinski definition) is 3. The van der Waals surface area contributed by atoms with Crippen molar-refractivity contribution in [2.45, 2.75) is 54.5 Å². The van der Waals surface area contributed by atoms with E-state index in [4.69, 9.17) is 4.74 Å². The fourth-order valence-corrected chi connectivity index (χ4v) is 3.59. The van der Waals surface area contributed by atoms with Gasteiger partial charge in [0.05, 0.1) is 12.3 Å². The second-order valence-corrected chi connectivity index (χ2v) is 7.13. The summed E-state index contributed by atoms with van der Waals surface area (Å²) in [5, 5.41) is 0. The predicted molar refractivity (Wildman–Crippen MR) is 104 cm³/mol. The number of fused-ring (bicyclic) bond motifs is 2. The van der Waals surface area contributed by atoms with Crippen molar-refractivity contribution in [3.63, 3.8) is 0 Å². The fourth-order valence-electron chi connectivity index (χ4n) is 3.59. The number of carbonyl (C=O) groups is 1. The van der Waals surface area contributed by atoms with Gasteiger partial charge in [-0.3, -0.25) is 0 Å². The molecular formula is C20H27ClN2O2. The number of hydrogen-bond donors (Lipinski definition) is 0. The Morgan fingerprint density at radius 1 is 1.32 bits per heavy atom. The predicted octanol–water partition coefficient (Wildman–Crippen LogP) is 4.90. The molecule has 0 unspecified atom stereocenters. The molecule has 0 radical (unpaired) electrons. The molecule has 0 N–H and O–H groups in total. The number of ether oxygens (including phenoxy) is 1. The molecule has 0 aromatic heterocycles. The third kappa shape index (κ3) is 3.20. The van der Waals surface area contributed by atoms with Crippen molar-refractivity contribution in [3.05, 3.63) is 34.3 Å². The second-order valence-electron chi connectivity index (χ2n) is 7.13. The molecule has 0 bridgehead atoms. The Bertz CT molecular complexity index is 818. The van der Waals surface area contributed by atoms with Crippen molar-refractivity contribution in [1.29, 1.82) is 0 Å². The highest BCUT2D eigenvalue weighted by atomic mass is 35.5. The fraction of sp³-hybridized carbons (Fsp3) is 0.500. The Kier molecular flexibility index (Phi) is 5.62. The van der Waals surface area contributed by atoms with E-state index in [2.05, 4.69) is 43.3 Å². The number of halogens is 1. The van der Waals surface area contributed by atoms with Gasteiger partial charge in [-0.15, -0.1) is 12.4 Å². The Balaban J connectivity index is 0.00000225. The van der Waals surface area contributed by atoms with Gasteiger partial charge in [0.1, 0.15) is 0 Å². The van der Waals surface area contributed by atoms with Crippen LogP contribution in [0.2, 0.25) is 0 Å². The Hall–Kier alpha value is -1.81. The van der Waals surface area contributed by atoms with Gasteiger partial charge in [0.2, 0.25) is 0 Å². The number of carbonyl (C=O) groups excluding carboxylic acids is 1. The largest absolute Gasteiger partial charge is 0.461 e. The summed E-state index contributed by atoms with van der Waals surface area (Å²) in [6.07, 6.45) is 0.972. The van der Waals surface area contributed by atoms with E-state index in [0.717, 1.165) is 29.8 Å². The van der Waals surface area contributed by atoms with E-state index in [9.17, 15) is 4.79 Å². The van der Waals surface area contributed by atoms with Crippen LogP contribution in [0.1, 0.15) is 62.1 Å². The molecule has 3 rings (SSSR count). The maximum absolute atomic E-state index is 12.2. The zero-order valence-electron chi connectivity index (χ0n) is 15.9. The lowest BCUT2D eigenvalue weighted by Crippen LogP contribution is -2.12. The van der Waals surface area contributed by atoms with Crippen LogP contribution in [-0.2, 0) is 17.7 Å². The van der Waals surface area contributed by atoms with E-state index in [0.29, 0.717) is 18.2 Å². The van der Waals surface area contributed by atoms with Gasteiger partial charge in [0, 0.05) is 23.5 Å². The summed E-state index contributed by atoms with van der Waals surface area (Å²) in [5.74, 6) is 0.212. The number of pyridine rings is 1.